The van der Waals surface area contributed by atoms with E-state index in [2.05, 4.69) is 15.2 Å². The number of ether oxygens (including phenoxy) is 1. The van der Waals surface area contributed by atoms with Gasteiger partial charge in [-0.2, -0.15) is 0 Å². The number of nitrogens with zero attached hydrogens (tertiary/aromatic N) is 4. The number of carbonyl (C=O) groups excluding carboxylic acids is 1. The van der Waals surface area contributed by atoms with Gasteiger partial charge in [-0.1, -0.05) is 48.5 Å². The lowest BCUT2D eigenvalue weighted by Crippen LogP contribution is -2.10. The fraction of sp³-hybridized carbons (Fsp3) is 0.0769. The summed E-state index contributed by atoms with van der Waals surface area (Å²) in [6.45, 7) is 0.231. The molecule has 0 saturated heterocycles. The lowest BCUT2D eigenvalue weighted by molar-refractivity contribution is 0.103. The molecule has 0 saturated carbocycles. The van der Waals surface area contributed by atoms with Crippen molar-refractivity contribution in [3.63, 3.8) is 0 Å². The average Bonchev–Trinajstić information content (AvgIpc) is 3.49. The molecule has 5 rings (SSSR count). The number of carbonyl (C=O) groups is 1. The Balaban J connectivity index is 1.47. The highest BCUT2D eigenvalue weighted by molar-refractivity contribution is 6.06. The van der Waals surface area contributed by atoms with E-state index in [9.17, 15) is 4.79 Å². The van der Waals surface area contributed by atoms with Gasteiger partial charge in [0.25, 0.3) is 0 Å². The fourth-order valence-corrected chi connectivity index (χ4v) is 3.57. The van der Waals surface area contributed by atoms with Crippen molar-refractivity contribution in [1.29, 1.82) is 0 Å². The van der Waals surface area contributed by atoms with Crippen LogP contribution < -0.4 is 4.74 Å². The first-order valence-electron chi connectivity index (χ1n) is 10.4. The number of rotatable bonds is 7. The van der Waals surface area contributed by atoms with Crippen molar-refractivity contribution < 1.29 is 13.9 Å². The van der Waals surface area contributed by atoms with Gasteiger partial charge in [-0.25, -0.2) is 4.98 Å². The van der Waals surface area contributed by atoms with Crippen molar-refractivity contribution in [2.75, 3.05) is 7.11 Å². The Labute approximate surface area is 190 Å². The maximum atomic E-state index is 13.1. The molecule has 3 aromatic carbocycles. The van der Waals surface area contributed by atoms with Crippen LogP contribution in [0.25, 0.3) is 28.6 Å². The fourth-order valence-electron chi connectivity index (χ4n) is 3.57. The Hall–Kier alpha value is -4.52. The van der Waals surface area contributed by atoms with E-state index in [0.29, 0.717) is 17.6 Å². The topological polar surface area (TPSA) is 83.0 Å². The van der Waals surface area contributed by atoms with Crippen LogP contribution in [0, 0.1) is 0 Å². The molecular formula is C26H20N4O3. The Morgan fingerprint density at radius 2 is 1.82 bits per heavy atom. The van der Waals surface area contributed by atoms with Crippen LogP contribution in [0.4, 0.5) is 0 Å². The molecule has 0 fully saturated rings. The molecule has 0 spiro atoms. The molecule has 0 unspecified atom stereocenters. The van der Waals surface area contributed by atoms with E-state index >= 15 is 0 Å². The molecule has 0 amide bonds. The Morgan fingerprint density at radius 3 is 2.67 bits per heavy atom. The number of ketones is 1. The van der Waals surface area contributed by atoms with Gasteiger partial charge in [0.2, 0.25) is 17.6 Å². The minimum atomic E-state index is -0.225. The molecule has 0 atom stereocenters. The third kappa shape index (κ3) is 4.29. The summed E-state index contributed by atoms with van der Waals surface area (Å²) in [6, 6.07) is 24.6. The van der Waals surface area contributed by atoms with Crippen LogP contribution in [0.2, 0.25) is 0 Å². The summed E-state index contributed by atoms with van der Waals surface area (Å²) in [5, 5.41) is 8.33. The monoisotopic (exact) mass is 436 g/mol. The van der Waals surface area contributed by atoms with Gasteiger partial charge in [0, 0.05) is 5.56 Å². The number of hydrogen-bond donors (Lipinski definition) is 0. The van der Waals surface area contributed by atoms with Crippen LogP contribution in [0.3, 0.4) is 0 Å². The van der Waals surface area contributed by atoms with E-state index in [1.807, 2.05) is 78.9 Å². The van der Waals surface area contributed by atoms with Gasteiger partial charge in [0.1, 0.15) is 12.3 Å². The zero-order valence-electron chi connectivity index (χ0n) is 17.9. The number of benzene rings is 3. The summed E-state index contributed by atoms with van der Waals surface area (Å²) in [5.74, 6) is 1.62. The van der Waals surface area contributed by atoms with Crippen LogP contribution in [0.1, 0.15) is 22.1 Å². The predicted molar refractivity (Wildman–Crippen MR) is 125 cm³/mol. The van der Waals surface area contributed by atoms with E-state index < -0.39 is 0 Å². The number of fused-ring (bicyclic) bond motifs is 1. The Morgan fingerprint density at radius 1 is 1.00 bits per heavy atom. The van der Waals surface area contributed by atoms with E-state index in [1.165, 1.54) is 6.08 Å². The lowest BCUT2D eigenvalue weighted by Gasteiger charge is -2.04. The molecule has 33 heavy (non-hydrogen) atoms. The normalized spacial score (nSPS) is 11.3. The molecule has 2 heterocycles. The molecular weight excluding hydrogens is 416 g/mol. The van der Waals surface area contributed by atoms with E-state index in [-0.39, 0.29) is 12.3 Å². The van der Waals surface area contributed by atoms with E-state index in [4.69, 9.17) is 9.15 Å². The van der Waals surface area contributed by atoms with Crippen LogP contribution >= 0.6 is 0 Å². The van der Waals surface area contributed by atoms with Crippen molar-refractivity contribution in [3.8, 4) is 17.2 Å². The summed E-state index contributed by atoms with van der Waals surface area (Å²) in [5.41, 5.74) is 3.23. The van der Waals surface area contributed by atoms with Gasteiger partial charge in [-0.05, 0) is 48.0 Å². The minimum Gasteiger partial charge on any atom is -0.497 e. The van der Waals surface area contributed by atoms with Crippen LogP contribution in [-0.2, 0) is 6.54 Å². The minimum absolute atomic E-state index is 0.225. The number of aromatic nitrogens is 4. The van der Waals surface area contributed by atoms with Crippen molar-refractivity contribution in [2.24, 2.45) is 0 Å². The maximum absolute atomic E-state index is 13.1. The third-order valence-electron chi connectivity index (χ3n) is 5.18. The van der Waals surface area contributed by atoms with Crippen molar-refractivity contribution >= 4 is 22.9 Å². The van der Waals surface area contributed by atoms with Gasteiger partial charge < -0.3 is 13.7 Å². The number of hydrogen-bond acceptors (Lipinski definition) is 6. The first-order valence-corrected chi connectivity index (χ1v) is 10.4. The number of imidazole rings is 1. The molecule has 7 nitrogen and oxygen atoms in total. The Bertz CT molecular complexity index is 1450. The zero-order chi connectivity index (χ0) is 22.6. The Kier molecular flexibility index (Phi) is 5.51. The molecule has 0 N–H and O–H groups in total. The smallest absolute Gasteiger partial charge is 0.247 e. The maximum Gasteiger partial charge on any atom is 0.247 e. The lowest BCUT2D eigenvalue weighted by atomic mass is 10.2. The van der Waals surface area contributed by atoms with Crippen LogP contribution in [-0.4, -0.2) is 32.6 Å². The van der Waals surface area contributed by atoms with Crippen molar-refractivity contribution in [2.45, 2.75) is 6.54 Å². The quantitative estimate of drug-likeness (QED) is 0.263. The average molecular weight is 436 g/mol. The molecule has 162 valence electrons. The number of methoxy groups -OCH3 is 1. The second kappa shape index (κ2) is 8.92. The van der Waals surface area contributed by atoms with Gasteiger partial charge >= 0.3 is 0 Å². The third-order valence-corrected chi connectivity index (χ3v) is 5.18. The standard InChI is InChI=1S/C26H20N4O3/c1-32-20-11-7-8-18(16-20)14-15-23(31)25-27-21-12-5-6-13-22(21)30(25)17-24-28-29-26(33-24)19-9-3-2-4-10-19/h2-16H,17H2,1H3. The highest BCUT2D eigenvalue weighted by Gasteiger charge is 2.18. The number of para-hydroxylation sites is 2. The van der Waals surface area contributed by atoms with Gasteiger partial charge in [-0.3, -0.25) is 4.79 Å². The summed E-state index contributed by atoms with van der Waals surface area (Å²) in [7, 11) is 1.61. The van der Waals surface area contributed by atoms with Gasteiger partial charge in [-0.15, -0.1) is 10.2 Å². The second-order valence-corrected chi connectivity index (χ2v) is 7.35. The number of allylic oxidation sites excluding steroid dienone is 1. The molecule has 5 aromatic rings. The van der Waals surface area contributed by atoms with Crippen molar-refractivity contribution in [1.82, 2.24) is 19.7 Å². The summed E-state index contributed by atoms with van der Waals surface area (Å²) >= 11 is 0. The summed E-state index contributed by atoms with van der Waals surface area (Å²) in [6.07, 6.45) is 3.25. The predicted octanol–water partition coefficient (Wildman–Crippen LogP) is 5.04. The van der Waals surface area contributed by atoms with Gasteiger partial charge in [0.05, 0.1) is 18.1 Å². The highest BCUT2D eigenvalue weighted by Crippen LogP contribution is 2.22. The summed E-state index contributed by atoms with van der Waals surface area (Å²) < 4.78 is 12.9. The molecule has 0 aliphatic heterocycles. The van der Waals surface area contributed by atoms with Gasteiger partial charge in [0.15, 0.2) is 5.82 Å². The molecule has 2 aromatic heterocycles. The zero-order valence-corrected chi connectivity index (χ0v) is 17.9. The van der Waals surface area contributed by atoms with Crippen LogP contribution in [0.15, 0.2) is 89.4 Å². The first-order chi connectivity index (χ1) is 16.2. The SMILES string of the molecule is COc1cccc(C=CC(=O)c2nc3ccccc3n2Cc2nnc(-c3ccccc3)o2)c1. The molecule has 0 radical (unpaired) electrons. The van der Waals surface area contributed by atoms with Crippen molar-refractivity contribution in [3.05, 3.63) is 102 Å². The first kappa shape index (κ1) is 20.4. The molecule has 7 heteroatoms. The van der Waals surface area contributed by atoms with E-state index in [0.717, 1.165) is 27.9 Å². The largest absolute Gasteiger partial charge is 0.497 e. The summed E-state index contributed by atoms with van der Waals surface area (Å²) in [4.78, 5) is 17.7. The molecule has 0 aliphatic carbocycles. The molecule has 0 bridgehead atoms. The van der Waals surface area contributed by atoms with Crippen LogP contribution in [0.5, 0.6) is 5.75 Å². The highest BCUT2D eigenvalue weighted by atomic mass is 16.5. The molecule has 0 aliphatic rings. The van der Waals surface area contributed by atoms with E-state index in [1.54, 1.807) is 17.8 Å². The second-order valence-electron chi connectivity index (χ2n) is 7.35.